The molecule has 0 aromatic carbocycles. The number of dihydropyridines is 1. The van der Waals surface area contributed by atoms with E-state index in [9.17, 15) is 0 Å². The molecule has 10 heavy (non-hydrogen) atoms. The van der Waals surface area contributed by atoms with Crippen LogP contribution in [0, 0.1) is 5.92 Å². The summed E-state index contributed by atoms with van der Waals surface area (Å²) in [6.07, 6.45) is 9.31. The van der Waals surface area contributed by atoms with E-state index in [2.05, 4.69) is 46.3 Å². The second kappa shape index (κ2) is 2.57. The summed E-state index contributed by atoms with van der Waals surface area (Å²) in [6.45, 7) is 0. The van der Waals surface area contributed by atoms with Crippen LogP contribution in [0.15, 0.2) is 21.9 Å². The minimum Gasteiger partial charge on any atom is -0.384 e. The Labute approximate surface area is 74.7 Å². The lowest BCUT2D eigenvalue weighted by atomic mass is 10.1. The highest BCUT2D eigenvalue weighted by atomic mass is 127. The van der Waals surface area contributed by atoms with Gasteiger partial charge >= 0.3 is 0 Å². The van der Waals surface area contributed by atoms with Crippen molar-refractivity contribution in [3.63, 3.8) is 0 Å². The van der Waals surface area contributed by atoms with Crippen LogP contribution >= 0.6 is 22.6 Å². The zero-order valence-electron chi connectivity index (χ0n) is 5.68. The van der Waals surface area contributed by atoms with E-state index in [0.717, 1.165) is 5.92 Å². The standard InChI is InChI=1S/C8H10IN/c9-7-3-4-10-8(5-7)6-1-2-6/h3-6,8,10H,1-2H2. The van der Waals surface area contributed by atoms with Crippen molar-refractivity contribution in [2.45, 2.75) is 18.9 Å². The van der Waals surface area contributed by atoms with Crippen LogP contribution in [0.2, 0.25) is 0 Å². The average Bonchev–Trinajstić information content (AvgIpc) is 2.68. The fraction of sp³-hybridized carbons (Fsp3) is 0.500. The molecule has 0 saturated heterocycles. The minimum atomic E-state index is 0.636. The average molecular weight is 247 g/mol. The van der Waals surface area contributed by atoms with Crippen molar-refractivity contribution < 1.29 is 0 Å². The van der Waals surface area contributed by atoms with Gasteiger partial charge in [-0.3, -0.25) is 0 Å². The van der Waals surface area contributed by atoms with Crippen LogP contribution in [-0.2, 0) is 0 Å². The predicted molar refractivity (Wildman–Crippen MR) is 50.9 cm³/mol. The van der Waals surface area contributed by atoms with E-state index in [4.69, 9.17) is 0 Å². The first-order valence-electron chi connectivity index (χ1n) is 3.66. The highest BCUT2D eigenvalue weighted by Crippen LogP contribution is 2.35. The van der Waals surface area contributed by atoms with Gasteiger partial charge in [0.05, 0.1) is 0 Å². The van der Waals surface area contributed by atoms with Gasteiger partial charge in [-0.15, -0.1) is 0 Å². The molecule has 1 nitrogen and oxygen atoms in total. The SMILES string of the molecule is IC1=CC(C2CC2)NC=C1. The van der Waals surface area contributed by atoms with Gasteiger partial charge in [0.25, 0.3) is 0 Å². The maximum absolute atomic E-state index is 3.35. The second-order valence-corrected chi connectivity index (χ2v) is 4.16. The van der Waals surface area contributed by atoms with Crippen LogP contribution < -0.4 is 5.32 Å². The zero-order chi connectivity index (χ0) is 6.97. The van der Waals surface area contributed by atoms with E-state index in [-0.39, 0.29) is 0 Å². The van der Waals surface area contributed by atoms with Crippen molar-refractivity contribution in [1.82, 2.24) is 5.32 Å². The summed E-state index contributed by atoms with van der Waals surface area (Å²) >= 11 is 2.37. The molecule has 2 aliphatic rings. The molecule has 0 radical (unpaired) electrons. The van der Waals surface area contributed by atoms with Gasteiger partial charge in [-0.2, -0.15) is 0 Å². The number of rotatable bonds is 1. The molecule has 1 N–H and O–H groups in total. The van der Waals surface area contributed by atoms with Crippen LogP contribution in [0.3, 0.4) is 0 Å². The van der Waals surface area contributed by atoms with Crippen LogP contribution in [0.25, 0.3) is 0 Å². The highest BCUT2D eigenvalue weighted by Gasteiger charge is 2.29. The quantitative estimate of drug-likeness (QED) is 0.700. The van der Waals surface area contributed by atoms with Gasteiger partial charge in [-0.05, 0) is 59.7 Å². The van der Waals surface area contributed by atoms with Gasteiger partial charge in [-0.1, -0.05) is 0 Å². The Hall–Kier alpha value is 0.01000. The summed E-state index contributed by atoms with van der Waals surface area (Å²) < 4.78 is 1.37. The summed E-state index contributed by atoms with van der Waals surface area (Å²) in [4.78, 5) is 0. The third-order valence-corrected chi connectivity index (χ3v) is 2.72. The third kappa shape index (κ3) is 1.36. The number of nitrogens with one attached hydrogen (secondary N) is 1. The zero-order valence-corrected chi connectivity index (χ0v) is 7.84. The molecule has 1 heterocycles. The van der Waals surface area contributed by atoms with Gasteiger partial charge in [-0.25, -0.2) is 0 Å². The molecule has 2 heteroatoms. The number of halogens is 1. The maximum Gasteiger partial charge on any atom is 0.0480 e. The summed E-state index contributed by atoms with van der Waals surface area (Å²) in [5, 5.41) is 3.35. The lowest BCUT2D eigenvalue weighted by molar-refractivity contribution is 0.615. The van der Waals surface area contributed by atoms with E-state index in [1.165, 1.54) is 16.4 Å². The molecule has 0 spiro atoms. The number of allylic oxidation sites excluding steroid dienone is 2. The maximum atomic E-state index is 3.35. The van der Waals surface area contributed by atoms with Crippen LogP contribution in [0.4, 0.5) is 0 Å². The third-order valence-electron chi connectivity index (χ3n) is 2.00. The van der Waals surface area contributed by atoms with Gasteiger partial charge in [0, 0.05) is 9.62 Å². The molecule has 2 rings (SSSR count). The molecule has 0 amide bonds. The summed E-state index contributed by atoms with van der Waals surface area (Å²) in [7, 11) is 0. The number of hydrogen-bond acceptors (Lipinski definition) is 1. The molecule has 0 aromatic heterocycles. The summed E-state index contributed by atoms with van der Waals surface area (Å²) in [5.74, 6) is 0.926. The molecule has 54 valence electrons. The van der Waals surface area contributed by atoms with Crippen LogP contribution in [0.1, 0.15) is 12.8 Å². The molecule has 0 aromatic rings. The molecule has 1 atom stereocenters. The van der Waals surface area contributed by atoms with Crippen molar-refractivity contribution in [3.8, 4) is 0 Å². The topological polar surface area (TPSA) is 12.0 Å². The van der Waals surface area contributed by atoms with Crippen molar-refractivity contribution in [1.29, 1.82) is 0 Å². The van der Waals surface area contributed by atoms with E-state index >= 15 is 0 Å². The Morgan fingerprint density at radius 1 is 1.50 bits per heavy atom. The van der Waals surface area contributed by atoms with E-state index < -0.39 is 0 Å². The molecule has 1 fully saturated rings. The van der Waals surface area contributed by atoms with Gasteiger partial charge in [0.2, 0.25) is 0 Å². The van der Waals surface area contributed by atoms with Crippen molar-refractivity contribution >= 4 is 22.6 Å². The summed E-state index contributed by atoms with van der Waals surface area (Å²) in [6, 6.07) is 0.636. The first-order chi connectivity index (χ1) is 4.86. The predicted octanol–water partition coefficient (Wildman–Crippen LogP) is 2.20. The lowest BCUT2D eigenvalue weighted by Crippen LogP contribution is -2.26. The Bertz CT molecular complexity index is 191. The Morgan fingerprint density at radius 2 is 2.30 bits per heavy atom. The van der Waals surface area contributed by atoms with E-state index in [1.807, 2.05) is 0 Å². The highest BCUT2D eigenvalue weighted by molar-refractivity contribution is 14.1. The number of hydrogen-bond donors (Lipinski definition) is 1. The second-order valence-electron chi connectivity index (χ2n) is 2.91. The first-order valence-corrected chi connectivity index (χ1v) is 4.74. The Balaban J connectivity index is 2.05. The Morgan fingerprint density at radius 3 is 2.90 bits per heavy atom. The van der Waals surface area contributed by atoms with Crippen LogP contribution in [-0.4, -0.2) is 6.04 Å². The van der Waals surface area contributed by atoms with Gasteiger partial charge in [0.15, 0.2) is 0 Å². The fourth-order valence-corrected chi connectivity index (χ4v) is 1.81. The van der Waals surface area contributed by atoms with Crippen LogP contribution in [0.5, 0.6) is 0 Å². The van der Waals surface area contributed by atoms with E-state index in [1.54, 1.807) is 0 Å². The molecule has 1 aliphatic heterocycles. The van der Waals surface area contributed by atoms with E-state index in [0.29, 0.717) is 6.04 Å². The molecule has 1 saturated carbocycles. The molecular weight excluding hydrogens is 237 g/mol. The molecule has 0 bridgehead atoms. The van der Waals surface area contributed by atoms with Crippen molar-refractivity contribution in [2.75, 3.05) is 0 Å². The van der Waals surface area contributed by atoms with Crippen molar-refractivity contribution in [2.24, 2.45) is 5.92 Å². The molecular formula is C8H10IN. The first kappa shape index (κ1) is 6.70. The minimum absolute atomic E-state index is 0.636. The fourth-order valence-electron chi connectivity index (χ4n) is 1.24. The van der Waals surface area contributed by atoms with Crippen molar-refractivity contribution in [3.05, 3.63) is 21.9 Å². The Kier molecular flexibility index (Phi) is 1.72. The molecule has 1 unspecified atom stereocenters. The summed E-state index contributed by atoms with van der Waals surface area (Å²) in [5.41, 5.74) is 0. The van der Waals surface area contributed by atoms with Gasteiger partial charge in [0.1, 0.15) is 0 Å². The van der Waals surface area contributed by atoms with Gasteiger partial charge < -0.3 is 5.32 Å². The molecule has 1 aliphatic carbocycles. The largest absolute Gasteiger partial charge is 0.384 e. The monoisotopic (exact) mass is 247 g/mol. The lowest BCUT2D eigenvalue weighted by Gasteiger charge is -2.15. The smallest absolute Gasteiger partial charge is 0.0480 e. The normalized spacial score (nSPS) is 31.3.